The van der Waals surface area contributed by atoms with Gasteiger partial charge in [0.15, 0.2) is 5.65 Å². The van der Waals surface area contributed by atoms with E-state index in [9.17, 15) is 0 Å². The van der Waals surface area contributed by atoms with Crippen LogP contribution in [0.1, 0.15) is 62.0 Å². The standard InChI is InChI=1S/C25H31N5O/c1-14(2)22-18-9-17(21-10-27-25(5,6)12-31-21)7-8-20(18)29-23(22)19-11-30-24(26-13-28-30)16(4)15(19)3/h7-9,11,13-14,21,27,29H,10,12H2,1-6H3. The van der Waals surface area contributed by atoms with Crippen LogP contribution in [0, 0.1) is 13.8 Å². The van der Waals surface area contributed by atoms with Gasteiger partial charge >= 0.3 is 0 Å². The molecule has 0 aliphatic carbocycles. The minimum absolute atomic E-state index is 0.0281. The van der Waals surface area contributed by atoms with Crippen LogP contribution < -0.4 is 5.32 Å². The largest absolute Gasteiger partial charge is 0.370 e. The van der Waals surface area contributed by atoms with Crippen LogP contribution in [0.15, 0.2) is 30.7 Å². The molecule has 1 atom stereocenters. The number of rotatable bonds is 3. The average molecular weight is 418 g/mol. The van der Waals surface area contributed by atoms with Crippen molar-refractivity contribution in [1.82, 2.24) is 24.9 Å². The fraction of sp³-hybridized carbons (Fsp3) is 0.440. The molecule has 31 heavy (non-hydrogen) atoms. The van der Waals surface area contributed by atoms with E-state index in [2.05, 4.69) is 86.3 Å². The summed E-state index contributed by atoms with van der Waals surface area (Å²) >= 11 is 0. The van der Waals surface area contributed by atoms with Crippen LogP contribution in [0.4, 0.5) is 0 Å². The van der Waals surface area contributed by atoms with Crippen LogP contribution in [0.25, 0.3) is 27.8 Å². The number of nitrogens with zero attached hydrogens (tertiary/aromatic N) is 3. The first-order chi connectivity index (χ1) is 14.7. The minimum Gasteiger partial charge on any atom is -0.370 e. The summed E-state index contributed by atoms with van der Waals surface area (Å²) < 4.78 is 8.08. The minimum atomic E-state index is 0.0281. The number of morpholine rings is 1. The molecule has 3 aromatic heterocycles. The zero-order chi connectivity index (χ0) is 21.9. The Morgan fingerprint density at radius 1 is 1.19 bits per heavy atom. The van der Waals surface area contributed by atoms with Crippen LogP contribution >= 0.6 is 0 Å². The van der Waals surface area contributed by atoms with Gasteiger partial charge in [-0.2, -0.15) is 5.10 Å². The van der Waals surface area contributed by atoms with E-state index in [0.29, 0.717) is 12.5 Å². The van der Waals surface area contributed by atoms with Crippen molar-refractivity contribution in [2.24, 2.45) is 0 Å². The van der Waals surface area contributed by atoms with Gasteiger partial charge in [0.2, 0.25) is 0 Å². The number of aromatic amines is 1. The molecule has 6 nitrogen and oxygen atoms in total. The molecule has 162 valence electrons. The summed E-state index contributed by atoms with van der Waals surface area (Å²) in [5.41, 5.74) is 9.39. The highest BCUT2D eigenvalue weighted by Gasteiger charge is 2.28. The van der Waals surface area contributed by atoms with E-state index in [1.54, 1.807) is 6.33 Å². The van der Waals surface area contributed by atoms with Crippen molar-refractivity contribution in [3.05, 3.63) is 53.0 Å². The highest BCUT2D eigenvalue weighted by atomic mass is 16.5. The lowest BCUT2D eigenvalue weighted by atomic mass is 9.93. The lowest BCUT2D eigenvalue weighted by Crippen LogP contribution is -2.50. The summed E-state index contributed by atoms with van der Waals surface area (Å²) in [5, 5.41) is 9.26. The third-order valence-corrected chi connectivity index (χ3v) is 6.62. The van der Waals surface area contributed by atoms with Crippen molar-refractivity contribution in [3.63, 3.8) is 0 Å². The molecular formula is C25H31N5O. The summed E-state index contributed by atoms with van der Waals surface area (Å²) in [6, 6.07) is 6.70. The highest BCUT2D eigenvalue weighted by Crippen LogP contribution is 2.39. The Kier molecular flexibility index (Phi) is 4.68. The molecule has 0 amide bonds. The van der Waals surface area contributed by atoms with Crippen LogP contribution in [-0.2, 0) is 4.74 Å². The molecule has 1 aliphatic heterocycles. The Bertz CT molecular complexity index is 1270. The van der Waals surface area contributed by atoms with E-state index in [-0.39, 0.29) is 11.6 Å². The zero-order valence-corrected chi connectivity index (χ0v) is 19.2. The van der Waals surface area contributed by atoms with Gasteiger partial charge in [-0.1, -0.05) is 19.9 Å². The highest BCUT2D eigenvalue weighted by molar-refractivity contribution is 5.92. The summed E-state index contributed by atoms with van der Waals surface area (Å²) in [5.74, 6) is 0.370. The van der Waals surface area contributed by atoms with Crippen LogP contribution in [0.5, 0.6) is 0 Å². The maximum absolute atomic E-state index is 6.20. The van der Waals surface area contributed by atoms with Crippen molar-refractivity contribution in [2.75, 3.05) is 13.2 Å². The molecule has 1 aromatic carbocycles. The summed E-state index contributed by atoms with van der Waals surface area (Å²) in [6.45, 7) is 14.7. The lowest BCUT2D eigenvalue weighted by Gasteiger charge is -2.36. The SMILES string of the molecule is Cc1c(-c2[nH]c3ccc(C4CNC(C)(C)CO4)cc3c2C(C)C)cn2ncnc2c1C. The Labute approximate surface area is 183 Å². The van der Waals surface area contributed by atoms with Crippen LogP contribution in [0.3, 0.4) is 0 Å². The molecule has 1 unspecified atom stereocenters. The Hall–Kier alpha value is -2.70. The fourth-order valence-corrected chi connectivity index (χ4v) is 4.70. The molecule has 0 bridgehead atoms. The van der Waals surface area contributed by atoms with Gasteiger partial charge in [-0.05, 0) is 68.0 Å². The van der Waals surface area contributed by atoms with Crippen molar-refractivity contribution in [3.8, 4) is 11.3 Å². The maximum atomic E-state index is 6.20. The van der Waals surface area contributed by atoms with Gasteiger partial charge < -0.3 is 15.0 Å². The number of aromatic nitrogens is 4. The monoisotopic (exact) mass is 417 g/mol. The molecule has 1 fully saturated rings. The number of nitrogens with one attached hydrogen (secondary N) is 2. The van der Waals surface area contributed by atoms with Crippen molar-refractivity contribution < 1.29 is 4.74 Å². The number of hydrogen-bond acceptors (Lipinski definition) is 4. The van der Waals surface area contributed by atoms with Crippen LogP contribution in [0.2, 0.25) is 0 Å². The molecule has 0 saturated carbocycles. The quantitative estimate of drug-likeness (QED) is 0.489. The second kappa shape index (κ2) is 7.18. The number of H-pyrrole nitrogens is 1. The Morgan fingerprint density at radius 2 is 2.00 bits per heavy atom. The first-order valence-electron chi connectivity index (χ1n) is 11.1. The predicted molar refractivity (Wildman–Crippen MR) is 125 cm³/mol. The third kappa shape index (κ3) is 3.34. The third-order valence-electron chi connectivity index (χ3n) is 6.62. The molecule has 1 aliphatic rings. The van der Waals surface area contributed by atoms with Gasteiger partial charge in [0, 0.05) is 34.7 Å². The molecule has 4 heterocycles. The Morgan fingerprint density at radius 3 is 2.71 bits per heavy atom. The number of aryl methyl sites for hydroxylation is 1. The molecule has 5 rings (SSSR count). The molecule has 2 N–H and O–H groups in total. The molecule has 4 aromatic rings. The number of ether oxygens (including phenoxy) is 1. The van der Waals surface area contributed by atoms with E-state index in [1.165, 1.54) is 33.3 Å². The first kappa shape index (κ1) is 20.2. The smallest absolute Gasteiger partial charge is 0.158 e. The predicted octanol–water partition coefficient (Wildman–Crippen LogP) is 5.06. The van der Waals surface area contributed by atoms with Crippen molar-refractivity contribution >= 4 is 16.6 Å². The number of pyridine rings is 1. The van der Waals surface area contributed by atoms with Crippen LogP contribution in [-0.4, -0.2) is 38.3 Å². The van der Waals surface area contributed by atoms with Gasteiger partial charge in [0.25, 0.3) is 0 Å². The van der Waals surface area contributed by atoms with Gasteiger partial charge in [0.1, 0.15) is 6.33 Å². The fourth-order valence-electron chi connectivity index (χ4n) is 4.70. The molecule has 0 spiro atoms. The summed E-state index contributed by atoms with van der Waals surface area (Å²) in [6.07, 6.45) is 3.79. The van der Waals surface area contributed by atoms with Gasteiger partial charge in [0.05, 0.1) is 18.4 Å². The number of benzene rings is 1. The Balaban J connectivity index is 1.65. The second-order valence-electron chi connectivity index (χ2n) is 9.76. The molecule has 1 saturated heterocycles. The van der Waals surface area contributed by atoms with E-state index >= 15 is 0 Å². The molecule has 6 heteroatoms. The number of hydrogen-bond donors (Lipinski definition) is 2. The zero-order valence-electron chi connectivity index (χ0n) is 19.2. The average Bonchev–Trinajstić information content (AvgIpc) is 3.34. The first-order valence-corrected chi connectivity index (χ1v) is 11.1. The maximum Gasteiger partial charge on any atom is 0.158 e. The number of fused-ring (bicyclic) bond motifs is 2. The molecular weight excluding hydrogens is 386 g/mol. The van der Waals surface area contributed by atoms with E-state index in [0.717, 1.165) is 23.3 Å². The summed E-state index contributed by atoms with van der Waals surface area (Å²) in [4.78, 5) is 8.12. The van der Waals surface area contributed by atoms with Crippen molar-refractivity contribution in [2.45, 2.75) is 59.1 Å². The lowest BCUT2D eigenvalue weighted by molar-refractivity contribution is -0.0228. The van der Waals surface area contributed by atoms with Gasteiger partial charge in [-0.3, -0.25) is 0 Å². The normalized spacial score (nSPS) is 19.0. The topological polar surface area (TPSA) is 67.2 Å². The van der Waals surface area contributed by atoms with E-state index < -0.39 is 0 Å². The molecule has 0 radical (unpaired) electrons. The van der Waals surface area contributed by atoms with Gasteiger partial charge in [-0.15, -0.1) is 0 Å². The van der Waals surface area contributed by atoms with Crippen molar-refractivity contribution in [1.29, 1.82) is 0 Å². The second-order valence-corrected chi connectivity index (χ2v) is 9.76. The van der Waals surface area contributed by atoms with Gasteiger partial charge in [-0.25, -0.2) is 9.50 Å². The van der Waals surface area contributed by atoms with E-state index in [1.807, 2.05) is 4.52 Å². The summed E-state index contributed by atoms with van der Waals surface area (Å²) in [7, 11) is 0. The van der Waals surface area contributed by atoms with E-state index in [4.69, 9.17) is 4.74 Å².